The topological polar surface area (TPSA) is 12.0 Å². The fourth-order valence-electron chi connectivity index (χ4n) is 1.93. The highest BCUT2D eigenvalue weighted by Crippen LogP contribution is 2.11. The van der Waals surface area contributed by atoms with Gasteiger partial charge in [-0.05, 0) is 50.4 Å². The van der Waals surface area contributed by atoms with E-state index in [1.165, 1.54) is 6.07 Å². The minimum Gasteiger partial charge on any atom is -0.313 e. The van der Waals surface area contributed by atoms with Crippen molar-refractivity contribution in [1.29, 1.82) is 0 Å². The molecule has 1 rings (SSSR count). The molecule has 0 aliphatic carbocycles. The van der Waals surface area contributed by atoms with Gasteiger partial charge in [-0.2, -0.15) is 0 Å². The van der Waals surface area contributed by atoms with E-state index in [1.807, 2.05) is 13.0 Å². The zero-order chi connectivity index (χ0) is 12.7. The van der Waals surface area contributed by atoms with Crippen LogP contribution in [-0.4, -0.2) is 12.6 Å². The lowest BCUT2D eigenvalue weighted by Gasteiger charge is -2.18. The van der Waals surface area contributed by atoms with Crippen LogP contribution >= 0.6 is 0 Å². The Morgan fingerprint density at radius 2 is 2.24 bits per heavy atom. The first kappa shape index (κ1) is 13.9. The van der Waals surface area contributed by atoms with E-state index < -0.39 is 0 Å². The maximum absolute atomic E-state index is 13.1. The number of hydrogen-bond donors (Lipinski definition) is 1. The van der Waals surface area contributed by atoms with Crippen LogP contribution in [0.15, 0.2) is 36.4 Å². The summed E-state index contributed by atoms with van der Waals surface area (Å²) < 4.78 is 13.1. The third-order valence-corrected chi connectivity index (χ3v) is 2.65. The van der Waals surface area contributed by atoms with Crippen molar-refractivity contribution in [3.63, 3.8) is 0 Å². The second-order valence-electron chi connectivity index (χ2n) is 4.65. The van der Waals surface area contributed by atoms with Crippen LogP contribution in [0.25, 0.3) is 0 Å². The number of hydrogen-bond acceptors (Lipinski definition) is 1. The Bertz CT molecular complexity index is 360. The summed E-state index contributed by atoms with van der Waals surface area (Å²) in [5, 5.41) is 3.49. The fraction of sp³-hybridized carbons (Fsp3) is 0.467. The third kappa shape index (κ3) is 5.64. The Labute approximate surface area is 104 Å². The zero-order valence-corrected chi connectivity index (χ0v) is 10.8. The summed E-state index contributed by atoms with van der Waals surface area (Å²) in [4.78, 5) is 0. The van der Waals surface area contributed by atoms with Crippen molar-refractivity contribution in [2.45, 2.75) is 39.2 Å². The predicted octanol–water partition coefficient (Wildman–Crippen LogP) is 3.70. The molecule has 0 saturated heterocycles. The molecule has 0 radical (unpaired) electrons. The van der Waals surface area contributed by atoms with Crippen LogP contribution in [0.2, 0.25) is 0 Å². The van der Waals surface area contributed by atoms with Crippen molar-refractivity contribution in [2.24, 2.45) is 0 Å². The van der Waals surface area contributed by atoms with Gasteiger partial charge in [-0.25, -0.2) is 4.39 Å². The normalized spacial score (nSPS) is 12.4. The molecule has 1 nitrogen and oxygen atoms in total. The zero-order valence-electron chi connectivity index (χ0n) is 10.8. The summed E-state index contributed by atoms with van der Waals surface area (Å²) in [6.45, 7) is 9.12. The van der Waals surface area contributed by atoms with Gasteiger partial charge >= 0.3 is 0 Å². The van der Waals surface area contributed by atoms with Crippen LogP contribution in [-0.2, 0) is 6.42 Å². The van der Waals surface area contributed by atoms with Gasteiger partial charge in [-0.3, -0.25) is 0 Å². The van der Waals surface area contributed by atoms with E-state index in [4.69, 9.17) is 0 Å². The first-order valence-corrected chi connectivity index (χ1v) is 6.24. The van der Waals surface area contributed by atoms with Gasteiger partial charge in [0.15, 0.2) is 0 Å². The van der Waals surface area contributed by atoms with E-state index in [0.717, 1.165) is 36.9 Å². The molecule has 0 aromatic heterocycles. The molecule has 0 heterocycles. The van der Waals surface area contributed by atoms with Gasteiger partial charge in [0.25, 0.3) is 0 Å². The predicted molar refractivity (Wildman–Crippen MR) is 71.6 cm³/mol. The molecule has 1 atom stereocenters. The summed E-state index contributed by atoms with van der Waals surface area (Å²) >= 11 is 0. The van der Waals surface area contributed by atoms with Crippen LogP contribution < -0.4 is 5.32 Å². The van der Waals surface area contributed by atoms with E-state index in [-0.39, 0.29) is 5.82 Å². The summed E-state index contributed by atoms with van der Waals surface area (Å²) in [5.74, 6) is -0.160. The molecule has 0 aliphatic heterocycles. The number of benzene rings is 1. The van der Waals surface area contributed by atoms with E-state index in [0.29, 0.717) is 6.04 Å². The van der Waals surface area contributed by atoms with Crippen molar-refractivity contribution in [2.75, 3.05) is 6.54 Å². The maximum atomic E-state index is 13.1. The van der Waals surface area contributed by atoms with Crippen LogP contribution in [0.1, 0.15) is 32.3 Å². The Morgan fingerprint density at radius 3 is 2.82 bits per heavy atom. The quantitative estimate of drug-likeness (QED) is 0.710. The minimum atomic E-state index is -0.160. The van der Waals surface area contributed by atoms with Crippen LogP contribution in [0, 0.1) is 5.82 Å². The number of nitrogens with one attached hydrogen (secondary N) is 1. The van der Waals surface area contributed by atoms with E-state index in [2.05, 4.69) is 18.8 Å². The van der Waals surface area contributed by atoms with Crippen molar-refractivity contribution in [1.82, 2.24) is 5.32 Å². The van der Waals surface area contributed by atoms with Crippen molar-refractivity contribution in [3.8, 4) is 0 Å². The Kier molecular flexibility index (Phi) is 5.92. The smallest absolute Gasteiger partial charge is 0.123 e. The molecule has 0 bridgehead atoms. The van der Waals surface area contributed by atoms with Crippen LogP contribution in [0.5, 0.6) is 0 Å². The maximum Gasteiger partial charge on any atom is 0.123 e. The molecular formula is C15H22FN. The molecule has 1 N–H and O–H groups in total. The highest BCUT2D eigenvalue weighted by Gasteiger charge is 2.09. The molecule has 0 saturated carbocycles. The summed E-state index contributed by atoms with van der Waals surface area (Å²) in [6.07, 6.45) is 2.90. The van der Waals surface area contributed by atoms with Crippen LogP contribution in [0.3, 0.4) is 0 Å². The second-order valence-corrected chi connectivity index (χ2v) is 4.65. The average molecular weight is 235 g/mol. The minimum absolute atomic E-state index is 0.160. The molecule has 2 heteroatoms. The molecular weight excluding hydrogens is 213 g/mol. The lowest BCUT2D eigenvalue weighted by atomic mass is 10.00. The molecule has 0 aliphatic rings. The van der Waals surface area contributed by atoms with Gasteiger partial charge in [-0.15, -0.1) is 6.58 Å². The molecule has 1 aromatic carbocycles. The van der Waals surface area contributed by atoms with Gasteiger partial charge in [-0.1, -0.05) is 24.6 Å². The van der Waals surface area contributed by atoms with Crippen molar-refractivity contribution >= 4 is 0 Å². The molecule has 0 fully saturated rings. The summed E-state index contributed by atoms with van der Waals surface area (Å²) in [7, 11) is 0. The molecule has 0 amide bonds. The largest absolute Gasteiger partial charge is 0.313 e. The highest BCUT2D eigenvalue weighted by atomic mass is 19.1. The standard InChI is InChI=1S/C15H22FN/c1-4-8-17-15(9-12(2)3)11-13-6-5-7-14(16)10-13/h5-7,10,15,17H,2,4,8-9,11H2,1,3H3. The average Bonchev–Trinajstić information content (AvgIpc) is 2.25. The van der Waals surface area contributed by atoms with E-state index >= 15 is 0 Å². The monoisotopic (exact) mass is 235 g/mol. The van der Waals surface area contributed by atoms with Crippen LogP contribution in [0.4, 0.5) is 4.39 Å². The summed E-state index contributed by atoms with van der Waals surface area (Å²) in [5.41, 5.74) is 2.20. The second kappa shape index (κ2) is 7.23. The van der Waals surface area contributed by atoms with Crippen molar-refractivity contribution in [3.05, 3.63) is 47.8 Å². The molecule has 1 aromatic rings. The van der Waals surface area contributed by atoms with Gasteiger partial charge in [0.1, 0.15) is 5.82 Å². The number of rotatable bonds is 7. The van der Waals surface area contributed by atoms with Crippen molar-refractivity contribution < 1.29 is 4.39 Å². The molecule has 1 unspecified atom stereocenters. The molecule has 0 spiro atoms. The lowest BCUT2D eigenvalue weighted by molar-refractivity contribution is 0.502. The highest BCUT2D eigenvalue weighted by molar-refractivity contribution is 5.18. The SMILES string of the molecule is C=C(C)CC(Cc1cccc(F)c1)NCCC. The first-order chi connectivity index (χ1) is 8.11. The summed E-state index contributed by atoms with van der Waals surface area (Å²) in [6, 6.07) is 7.19. The van der Waals surface area contributed by atoms with E-state index in [9.17, 15) is 4.39 Å². The first-order valence-electron chi connectivity index (χ1n) is 6.24. The van der Waals surface area contributed by atoms with Gasteiger partial charge in [0.2, 0.25) is 0 Å². The third-order valence-electron chi connectivity index (χ3n) is 2.65. The Balaban J connectivity index is 2.61. The Hall–Kier alpha value is -1.15. The fourth-order valence-corrected chi connectivity index (χ4v) is 1.93. The van der Waals surface area contributed by atoms with E-state index in [1.54, 1.807) is 12.1 Å². The van der Waals surface area contributed by atoms with Gasteiger partial charge in [0, 0.05) is 6.04 Å². The number of halogens is 1. The van der Waals surface area contributed by atoms with Gasteiger partial charge < -0.3 is 5.32 Å². The lowest BCUT2D eigenvalue weighted by Crippen LogP contribution is -2.32. The van der Waals surface area contributed by atoms with Gasteiger partial charge in [0.05, 0.1) is 0 Å². The molecule has 17 heavy (non-hydrogen) atoms. The molecule has 94 valence electrons. The Morgan fingerprint density at radius 1 is 1.47 bits per heavy atom.